The molecule has 0 unspecified atom stereocenters. The average Bonchev–Trinajstić information content (AvgIpc) is 3.11. The largest absolute Gasteiger partial charge is 0.452 e. The molecule has 1 N–H and O–H groups in total. The molecule has 3 rings (SSSR count). The third-order valence-corrected chi connectivity index (χ3v) is 9.44. The van der Waals surface area contributed by atoms with Crippen molar-refractivity contribution in [3.8, 4) is 0 Å². The molecule has 4 atom stereocenters. The zero-order chi connectivity index (χ0) is 38.7. The third-order valence-electron chi connectivity index (χ3n) is 9.44. The number of ether oxygens (including phenoxy) is 2. The van der Waals surface area contributed by atoms with Gasteiger partial charge in [0.25, 0.3) is 17.7 Å². The van der Waals surface area contributed by atoms with Crippen LogP contribution < -0.4 is 9.80 Å². The highest BCUT2D eigenvalue weighted by molar-refractivity contribution is 6.07. The van der Waals surface area contributed by atoms with Crippen molar-refractivity contribution in [3.63, 3.8) is 0 Å². The number of amides is 4. The van der Waals surface area contributed by atoms with Gasteiger partial charge in [-0.05, 0) is 54.4 Å². The van der Waals surface area contributed by atoms with Crippen molar-refractivity contribution in [3.05, 3.63) is 48.8 Å². The van der Waals surface area contributed by atoms with Gasteiger partial charge in [-0.15, -0.1) is 0 Å². The molecule has 0 aromatic carbocycles. The van der Waals surface area contributed by atoms with Crippen LogP contribution in [0.2, 0.25) is 0 Å². The second kappa shape index (κ2) is 19.0. The number of aromatic nitrogens is 2. The summed E-state index contributed by atoms with van der Waals surface area (Å²) in [6.45, 7) is 9.74. The van der Waals surface area contributed by atoms with E-state index in [2.05, 4.69) is 9.97 Å². The van der Waals surface area contributed by atoms with Gasteiger partial charge in [-0.3, -0.25) is 14.5 Å². The Morgan fingerprint density at radius 2 is 1.23 bits per heavy atom. The maximum Gasteiger partial charge on any atom is 0.415 e. The number of aliphatic hydroxyl groups is 1. The van der Waals surface area contributed by atoms with Crippen LogP contribution in [0.15, 0.2) is 48.8 Å². The number of carbonyl (C=O) groups is 4. The molecule has 2 heterocycles. The normalized spacial score (nSPS) is 16.2. The number of anilines is 2. The Bertz CT molecular complexity index is 1370. The number of aliphatic hydroxyl groups excluding tert-OH is 1. The monoisotopic (exact) mass is 731 g/mol. The molecule has 1 aliphatic carbocycles. The first-order chi connectivity index (χ1) is 24.6. The lowest BCUT2D eigenvalue weighted by atomic mass is 9.81. The van der Waals surface area contributed by atoms with E-state index in [1.165, 1.54) is 24.5 Å². The first kappa shape index (κ1) is 42.2. The molecule has 0 radical (unpaired) electrons. The smallest absolute Gasteiger partial charge is 0.415 e. The van der Waals surface area contributed by atoms with E-state index < -0.39 is 78.3 Å². The Labute approximate surface area is 305 Å². The Balaban J connectivity index is 2.39. The van der Waals surface area contributed by atoms with Crippen molar-refractivity contribution in [2.75, 3.05) is 24.0 Å². The number of halogens is 2. The van der Waals surface area contributed by atoms with Gasteiger partial charge in [-0.25, -0.2) is 38.1 Å². The number of hydrogen-bond donors (Lipinski definition) is 1. The van der Waals surface area contributed by atoms with Gasteiger partial charge < -0.3 is 14.6 Å². The predicted molar refractivity (Wildman–Crippen MR) is 193 cm³/mol. The second-order valence-electron chi connectivity index (χ2n) is 14.6. The fourth-order valence-corrected chi connectivity index (χ4v) is 7.08. The number of methoxy groups -OCH3 is 2. The number of pyridine rings is 2. The minimum absolute atomic E-state index is 0.0217. The molecule has 14 heteroatoms. The van der Waals surface area contributed by atoms with E-state index in [1.807, 2.05) is 0 Å². The van der Waals surface area contributed by atoms with Crippen LogP contribution in [0.1, 0.15) is 86.5 Å². The Morgan fingerprint density at radius 1 is 0.788 bits per heavy atom. The number of rotatable bonds is 15. The summed E-state index contributed by atoms with van der Waals surface area (Å²) in [6, 6.07) is 4.61. The van der Waals surface area contributed by atoms with Gasteiger partial charge in [0.2, 0.25) is 0 Å². The van der Waals surface area contributed by atoms with E-state index >= 15 is 18.4 Å². The van der Waals surface area contributed by atoms with E-state index in [0.29, 0.717) is 17.7 Å². The number of imide groups is 1. The zero-order valence-electron chi connectivity index (χ0n) is 31.6. The third kappa shape index (κ3) is 10.2. The van der Waals surface area contributed by atoms with Crippen LogP contribution in [0, 0.1) is 23.7 Å². The summed E-state index contributed by atoms with van der Waals surface area (Å²) in [6.07, 6.45) is 1.48. The molecule has 0 aliphatic heterocycles. The van der Waals surface area contributed by atoms with Crippen molar-refractivity contribution in [1.29, 1.82) is 0 Å². The van der Waals surface area contributed by atoms with Crippen LogP contribution >= 0.6 is 0 Å². The van der Waals surface area contributed by atoms with Gasteiger partial charge >= 0.3 is 12.2 Å². The van der Waals surface area contributed by atoms with Crippen LogP contribution in [-0.4, -0.2) is 88.3 Å². The molecule has 0 bridgehead atoms. The van der Waals surface area contributed by atoms with Crippen LogP contribution in [-0.2, 0) is 19.1 Å². The van der Waals surface area contributed by atoms with E-state index in [0.717, 1.165) is 43.3 Å². The molecule has 0 spiro atoms. The summed E-state index contributed by atoms with van der Waals surface area (Å²) in [7, 11) is 2.25. The van der Waals surface area contributed by atoms with Gasteiger partial charge in [0.1, 0.15) is 29.8 Å². The van der Waals surface area contributed by atoms with Crippen LogP contribution in [0.25, 0.3) is 0 Å². The quantitative estimate of drug-likeness (QED) is 0.203. The lowest BCUT2D eigenvalue weighted by molar-refractivity contribution is -0.172. The van der Waals surface area contributed by atoms with E-state index in [9.17, 15) is 14.7 Å². The second-order valence-corrected chi connectivity index (χ2v) is 14.6. The first-order valence-electron chi connectivity index (χ1n) is 18.1. The number of carbonyl (C=O) groups excluding carboxylic acids is 4. The van der Waals surface area contributed by atoms with Gasteiger partial charge in [0.15, 0.2) is 0 Å². The Hall–Kier alpha value is -4.20. The van der Waals surface area contributed by atoms with Crippen molar-refractivity contribution < 1.29 is 42.5 Å². The molecule has 12 nitrogen and oxygen atoms in total. The molecular formula is C38H55F2N5O7. The molecule has 288 valence electrons. The van der Waals surface area contributed by atoms with E-state index in [4.69, 9.17) is 9.47 Å². The molecule has 4 amide bonds. The SMILES string of the molecule is COC(=O)N(c1ccccn1)[C@H](C(=O)N(C(=O)[C@H](C(C)C)N(C(=O)OC)c1ccccn1)[C@@H](CC1CCCCC1)[C@@H](O)C(F)(F)CC(C)C)C(C)C. The lowest BCUT2D eigenvalue weighted by Gasteiger charge is -2.44. The minimum atomic E-state index is -3.72. The minimum Gasteiger partial charge on any atom is -0.452 e. The molecular weight excluding hydrogens is 676 g/mol. The molecule has 52 heavy (non-hydrogen) atoms. The lowest BCUT2D eigenvalue weighted by Crippen LogP contribution is -2.66. The summed E-state index contributed by atoms with van der Waals surface area (Å²) >= 11 is 0. The van der Waals surface area contributed by atoms with E-state index in [-0.39, 0.29) is 24.0 Å². The fraction of sp³-hybridized carbons (Fsp3) is 0.632. The van der Waals surface area contributed by atoms with Crippen LogP contribution in [0.5, 0.6) is 0 Å². The molecule has 2 aromatic heterocycles. The molecule has 0 saturated heterocycles. The summed E-state index contributed by atoms with van der Waals surface area (Å²) in [5, 5.41) is 11.8. The zero-order valence-corrected chi connectivity index (χ0v) is 31.6. The summed E-state index contributed by atoms with van der Waals surface area (Å²) in [5.74, 6) is -7.93. The maximum atomic E-state index is 16.2. The number of hydrogen-bond acceptors (Lipinski definition) is 9. The highest BCUT2D eigenvalue weighted by Crippen LogP contribution is 2.38. The summed E-state index contributed by atoms with van der Waals surface area (Å²) < 4.78 is 42.6. The summed E-state index contributed by atoms with van der Waals surface area (Å²) in [4.78, 5) is 68.9. The van der Waals surface area contributed by atoms with Crippen molar-refractivity contribution >= 4 is 35.6 Å². The van der Waals surface area contributed by atoms with Gasteiger partial charge in [0.05, 0.1) is 20.3 Å². The van der Waals surface area contributed by atoms with Crippen LogP contribution in [0.3, 0.4) is 0 Å². The van der Waals surface area contributed by atoms with Crippen molar-refractivity contribution in [2.24, 2.45) is 23.7 Å². The highest BCUT2D eigenvalue weighted by atomic mass is 19.3. The van der Waals surface area contributed by atoms with Crippen molar-refractivity contribution in [1.82, 2.24) is 14.9 Å². The van der Waals surface area contributed by atoms with E-state index in [1.54, 1.807) is 65.8 Å². The molecule has 1 aliphatic rings. The first-order valence-corrected chi connectivity index (χ1v) is 18.1. The molecule has 1 fully saturated rings. The maximum absolute atomic E-state index is 16.2. The highest BCUT2D eigenvalue weighted by Gasteiger charge is 2.53. The Morgan fingerprint density at radius 3 is 1.58 bits per heavy atom. The summed E-state index contributed by atoms with van der Waals surface area (Å²) in [5.41, 5.74) is 0. The van der Waals surface area contributed by atoms with Gasteiger partial charge in [-0.2, -0.15) is 0 Å². The molecule has 2 aromatic rings. The number of alkyl halides is 2. The van der Waals surface area contributed by atoms with Gasteiger partial charge in [0, 0.05) is 18.8 Å². The Kier molecular flexibility index (Phi) is 15.5. The number of nitrogens with zero attached hydrogens (tertiary/aromatic N) is 5. The predicted octanol–water partition coefficient (Wildman–Crippen LogP) is 7.11. The standard InChI is InChI=1S/C38H55F2N5O7/c1-24(2)23-38(39,40)33(46)28(22-27-16-10-9-11-17-27)43(34(47)31(25(3)4)44(36(49)51-7)29-18-12-14-20-41-29)35(48)32(26(5)6)45(37(50)52-8)30-19-13-15-21-42-30/h12-15,18-21,24-28,31-33,46H,9-11,16-17,22-23H2,1-8H3/t28-,31-,32-,33+/m0/s1. The van der Waals surface area contributed by atoms with Gasteiger partial charge in [-0.1, -0.05) is 85.8 Å². The topological polar surface area (TPSA) is 142 Å². The average molecular weight is 732 g/mol. The van der Waals surface area contributed by atoms with Crippen LogP contribution in [0.4, 0.5) is 30.0 Å². The fourth-order valence-electron chi connectivity index (χ4n) is 7.08. The molecule has 1 saturated carbocycles. The van der Waals surface area contributed by atoms with Crippen molar-refractivity contribution in [2.45, 2.75) is 117 Å².